The zero-order valence-electron chi connectivity index (χ0n) is 10.2. The van der Waals surface area contributed by atoms with Gasteiger partial charge in [0, 0.05) is 32.0 Å². The van der Waals surface area contributed by atoms with Crippen LogP contribution in [0.15, 0.2) is 17.2 Å². The third-order valence-corrected chi connectivity index (χ3v) is 2.76. The number of rotatable bonds is 3. The van der Waals surface area contributed by atoms with Crippen molar-refractivity contribution >= 4 is 11.8 Å². The minimum Gasteiger partial charge on any atom is -0.464 e. The second-order valence-electron chi connectivity index (χ2n) is 3.91. The van der Waals surface area contributed by atoms with Crippen LogP contribution >= 0.6 is 0 Å². The highest BCUT2D eigenvalue weighted by Crippen LogP contribution is 2.11. The van der Waals surface area contributed by atoms with E-state index < -0.39 is 6.04 Å². The Morgan fingerprint density at radius 2 is 2.50 bits per heavy atom. The number of aromatic nitrogens is 2. The van der Waals surface area contributed by atoms with Gasteiger partial charge in [0.1, 0.15) is 6.04 Å². The Bertz CT molecular complexity index is 473. The van der Waals surface area contributed by atoms with E-state index in [2.05, 4.69) is 15.3 Å². The average molecular weight is 252 g/mol. The molecule has 2 heterocycles. The number of piperazine rings is 1. The van der Waals surface area contributed by atoms with Gasteiger partial charge in [-0.2, -0.15) is 0 Å². The van der Waals surface area contributed by atoms with Crippen molar-refractivity contribution < 1.29 is 9.53 Å². The molecule has 0 radical (unpaired) electrons. The van der Waals surface area contributed by atoms with Crippen molar-refractivity contribution in [3.63, 3.8) is 0 Å². The molecular formula is C11H16N4O3. The third-order valence-electron chi connectivity index (χ3n) is 2.76. The van der Waals surface area contributed by atoms with Gasteiger partial charge < -0.3 is 19.9 Å². The number of aromatic amines is 1. The van der Waals surface area contributed by atoms with Crippen molar-refractivity contribution in [2.24, 2.45) is 0 Å². The lowest BCUT2D eigenvalue weighted by Gasteiger charge is -2.34. The van der Waals surface area contributed by atoms with Gasteiger partial charge in [-0.15, -0.1) is 0 Å². The van der Waals surface area contributed by atoms with Crippen LogP contribution < -0.4 is 15.8 Å². The van der Waals surface area contributed by atoms with Crippen LogP contribution in [0, 0.1) is 0 Å². The first-order chi connectivity index (χ1) is 8.74. The molecule has 0 amide bonds. The summed E-state index contributed by atoms with van der Waals surface area (Å²) in [7, 11) is 0. The molecule has 0 spiro atoms. The van der Waals surface area contributed by atoms with Crippen molar-refractivity contribution in [2.75, 3.05) is 31.1 Å². The van der Waals surface area contributed by atoms with Crippen LogP contribution in [-0.4, -0.2) is 48.2 Å². The molecule has 1 saturated heterocycles. The second-order valence-corrected chi connectivity index (χ2v) is 3.91. The van der Waals surface area contributed by atoms with Gasteiger partial charge in [0.15, 0.2) is 5.82 Å². The molecule has 2 rings (SSSR count). The molecule has 1 atom stereocenters. The van der Waals surface area contributed by atoms with E-state index >= 15 is 0 Å². The number of carbonyl (C=O) groups is 1. The van der Waals surface area contributed by atoms with Crippen molar-refractivity contribution in [3.05, 3.63) is 22.7 Å². The number of anilines is 1. The number of ether oxygens (including phenoxy) is 1. The molecule has 18 heavy (non-hydrogen) atoms. The summed E-state index contributed by atoms with van der Waals surface area (Å²) in [5, 5.41) is 3.11. The number of nitrogens with one attached hydrogen (secondary N) is 2. The topological polar surface area (TPSA) is 87.3 Å². The highest BCUT2D eigenvalue weighted by atomic mass is 16.5. The molecule has 7 heteroatoms. The molecule has 1 aromatic heterocycles. The SMILES string of the molecule is CCOC(=O)C1CNCCN1c1ncc[nH]c1=O. The van der Waals surface area contributed by atoms with E-state index in [1.54, 1.807) is 11.8 Å². The summed E-state index contributed by atoms with van der Waals surface area (Å²) >= 11 is 0. The van der Waals surface area contributed by atoms with Gasteiger partial charge in [-0.3, -0.25) is 4.79 Å². The summed E-state index contributed by atoms with van der Waals surface area (Å²) in [6.07, 6.45) is 2.97. The minimum atomic E-state index is -0.505. The maximum atomic E-state index is 11.8. The lowest BCUT2D eigenvalue weighted by molar-refractivity contribution is -0.144. The smallest absolute Gasteiger partial charge is 0.330 e. The van der Waals surface area contributed by atoms with Gasteiger partial charge >= 0.3 is 5.97 Å². The van der Waals surface area contributed by atoms with Crippen LogP contribution in [0.25, 0.3) is 0 Å². The molecule has 1 aliphatic rings. The number of hydrogen-bond donors (Lipinski definition) is 2. The van der Waals surface area contributed by atoms with Crippen LogP contribution in [0.4, 0.5) is 5.82 Å². The summed E-state index contributed by atoms with van der Waals surface area (Å²) in [6, 6.07) is -0.505. The van der Waals surface area contributed by atoms with Crippen molar-refractivity contribution in [1.82, 2.24) is 15.3 Å². The molecule has 0 aromatic carbocycles. The molecule has 0 saturated carbocycles. The largest absolute Gasteiger partial charge is 0.464 e. The van der Waals surface area contributed by atoms with Crippen LogP contribution in [0.5, 0.6) is 0 Å². The number of hydrogen-bond acceptors (Lipinski definition) is 6. The van der Waals surface area contributed by atoms with Gasteiger partial charge in [0.05, 0.1) is 6.61 Å². The van der Waals surface area contributed by atoms with E-state index in [9.17, 15) is 9.59 Å². The quantitative estimate of drug-likeness (QED) is 0.679. The first-order valence-electron chi connectivity index (χ1n) is 5.91. The maximum Gasteiger partial charge on any atom is 0.330 e. The Morgan fingerprint density at radius 1 is 1.67 bits per heavy atom. The Morgan fingerprint density at radius 3 is 3.22 bits per heavy atom. The molecule has 1 aromatic rings. The standard InChI is InChI=1S/C11H16N4O3/c1-2-18-11(17)8-7-12-5-6-15(8)9-10(16)14-4-3-13-9/h3-4,8,12H,2,5-7H2,1H3,(H,14,16). The molecule has 1 unspecified atom stereocenters. The second kappa shape index (κ2) is 5.63. The Labute approximate surface area is 104 Å². The number of H-pyrrole nitrogens is 1. The van der Waals surface area contributed by atoms with Crippen molar-refractivity contribution in [2.45, 2.75) is 13.0 Å². The minimum absolute atomic E-state index is 0.261. The normalized spacial score (nSPS) is 19.6. The molecule has 0 bridgehead atoms. The maximum absolute atomic E-state index is 11.8. The Hall–Kier alpha value is -1.89. The third kappa shape index (κ3) is 2.51. The first-order valence-corrected chi connectivity index (χ1v) is 5.91. The van der Waals surface area contributed by atoms with E-state index in [0.717, 1.165) is 0 Å². The highest BCUT2D eigenvalue weighted by Gasteiger charge is 2.31. The zero-order chi connectivity index (χ0) is 13.0. The van der Waals surface area contributed by atoms with Gasteiger partial charge in [0.25, 0.3) is 5.56 Å². The molecule has 7 nitrogen and oxygen atoms in total. The van der Waals surface area contributed by atoms with E-state index in [-0.39, 0.29) is 17.3 Å². The first kappa shape index (κ1) is 12.6. The van der Waals surface area contributed by atoms with E-state index in [1.165, 1.54) is 12.4 Å². The molecule has 1 aliphatic heterocycles. The fraction of sp³-hybridized carbons (Fsp3) is 0.545. The lowest BCUT2D eigenvalue weighted by atomic mass is 10.2. The van der Waals surface area contributed by atoms with E-state index in [0.29, 0.717) is 26.2 Å². The number of nitrogens with zero attached hydrogens (tertiary/aromatic N) is 2. The average Bonchev–Trinajstić information content (AvgIpc) is 2.40. The van der Waals surface area contributed by atoms with E-state index in [1.807, 2.05) is 0 Å². The van der Waals surface area contributed by atoms with Gasteiger partial charge in [0.2, 0.25) is 0 Å². The van der Waals surface area contributed by atoms with Crippen LogP contribution in [0.2, 0.25) is 0 Å². The number of carbonyl (C=O) groups excluding carboxylic acids is 1. The summed E-state index contributed by atoms with van der Waals surface area (Å²) in [5.74, 6) is -0.0770. The number of esters is 1. The lowest BCUT2D eigenvalue weighted by Crippen LogP contribution is -2.57. The predicted octanol–water partition coefficient (Wildman–Crippen LogP) is -0.889. The molecule has 1 fully saturated rings. The Kier molecular flexibility index (Phi) is 3.93. The monoisotopic (exact) mass is 252 g/mol. The van der Waals surface area contributed by atoms with Gasteiger partial charge in [-0.1, -0.05) is 0 Å². The Balaban J connectivity index is 2.26. The van der Waals surface area contributed by atoms with Crippen molar-refractivity contribution in [3.8, 4) is 0 Å². The fourth-order valence-electron chi connectivity index (χ4n) is 1.96. The van der Waals surface area contributed by atoms with Crippen molar-refractivity contribution in [1.29, 1.82) is 0 Å². The summed E-state index contributed by atoms with van der Waals surface area (Å²) in [6.45, 7) is 3.78. The van der Waals surface area contributed by atoms with Crippen LogP contribution in [0.3, 0.4) is 0 Å². The van der Waals surface area contributed by atoms with Gasteiger partial charge in [-0.05, 0) is 6.92 Å². The van der Waals surface area contributed by atoms with Crippen LogP contribution in [0.1, 0.15) is 6.92 Å². The fourth-order valence-corrected chi connectivity index (χ4v) is 1.96. The van der Waals surface area contributed by atoms with Gasteiger partial charge in [-0.25, -0.2) is 9.78 Å². The summed E-state index contributed by atoms with van der Waals surface area (Å²) < 4.78 is 5.01. The molecule has 2 N–H and O–H groups in total. The highest BCUT2D eigenvalue weighted by molar-refractivity contribution is 5.80. The summed E-state index contributed by atoms with van der Waals surface area (Å²) in [5.41, 5.74) is -0.298. The molecular weight excluding hydrogens is 236 g/mol. The molecule has 98 valence electrons. The summed E-state index contributed by atoms with van der Waals surface area (Å²) in [4.78, 5) is 31.8. The van der Waals surface area contributed by atoms with Crippen LogP contribution in [-0.2, 0) is 9.53 Å². The molecule has 0 aliphatic carbocycles. The van der Waals surface area contributed by atoms with E-state index in [4.69, 9.17) is 4.74 Å². The zero-order valence-corrected chi connectivity index (χ0v) is 10.2. The predicted molar refractivity (Wildman–Crippen MR) is 65.5 cm³/mol.